The summed E-state index contributed by atoms with van der Waals surface area (Å²) in [5.74, 6) is -0.689. The molecule has 4 heterocycles. The molecule has 0 spiro atoms. The van der Waals surface area contributed by atoms with E-state index < -0.39 is 72.0 Å². The fraction of sp³-hybridized carbons (Fsp3) is 0.591. The lowest BCUT2D eigenvalue weighted by molar-refractivity contribution is -0.137. The summed E-state index contributed by atoms with van der Waals surface area (Å²) in [5, 5.41) is 17.8. The number of benzene rings is 2. The van der Waals surface area contributed by atoms with Crippen molar-refractivity contribution >= 4 is 47.6 Å². The van der Waals surface area contributed by atoms with Crippen molar-refractivity contribution in [1.29, 1.82) is 0 Å². The Morgan fingerprint density at radius 3 is 1.32 bits per heavy atom. The zero-order chi connectivity index (χ0) is 44.6. The molecular formula is C44H62N8O10. The van der Waals surface area contributed by atoms with Crippen molar-refractivity contribution in [3.8, 4) is 0 Å². The molecule has 4 saturated heterocycles. The lowest BCUT2D eigenvalue weighted by atomic mass is 10.0. The molecule has 0 radical (unpaired) electrons. The van der Waals surface area contributed by atoms with Gasteiger partial charge in [0.05, 0.1) is 12.1 Å². The number of alkyl carbamates (subject to hydrolysis) is 2. The van der Waals surface area contributed by atoms with Crippen molar-refractivity contribution in [2.24, 2.45) is 0 Å². The minimum absolute atomic E-state index is 0.107. The third kappa shape index (κ3) is 12.5. The highest BCUT2D eigenvalue weighted by molar-refractivity contribution is 5.88. The summed E-state index contributed by atoms with van der Waals surface area (Å²) in [4.78, 5) is 84.2. The van der Waals surface area contributed by atoms with Crippen LogP contribution in [0.15, 0.2) is 60.7 Å². The molecule has 6 rings (SSSR count). The predicted octanol–water partition coefficient (Wildman–Crippen LogP) is 4.71. The summed E-state index contributed by atoms with van der Waals surface area (Å²) >= 11 is 0. The summed E-state index contributed by atoms with van der Waals surface area (Å²) < 4.78 is 22.8. The van der Waals surface area contributed by atoms with E-state index in [1.54, 1.807) is 99.9 Å². The Bertz CT molecular complexity index is 1760. The summed E-state index contributed by atoms with van der Waals surface area (Å²) in [5.41, 5.74) is -0.491. The second kappa shape index (κ2) is 20.0. The van der Waals surface area contributed by atoms with Crippen molar-refractivity contribution in [3.63, 3.8) is 0 Å². The summed E-state index contributed by atoms with van der Waals surface area (Å²) in [6, 6.07) is 14.7. The van der Waals surface area contributed by atoms with Gasteiger partial charge in [0.25, 0.3) is 0 Å². The van der Waals surface area contributed by atoms with Gasteiger partial charge in [-0.15, -0.1) is 0 Å². The second-order valence-corrected chi connectivity index (χ2v) is 18.2. The number of carbonyl (C=O) groups excluding carboxylic acids is 6. The van der Waals surface area contributed by atoms with Crippen molar-refractivity contribution < 1.29 is 47.7 Å². The fourth-order valence-corrected chi connectivity index (χ4v) is 8.63. The van der Waals surface area contributed by atoms with Gasteiger partial charge in [-0.05, 0) is 91.5 Å². The molecular weight excluding hydrogens is 801 g/mol. The van der Waals surface area contributed by atoms with Crippen molar-refractivity contribution in [2.45, 2.75) is 140 Å². The molecule has 6 amide bonds. The van der Waals surface area contributed by atoms with E-state index in [0.717, 1.165) is 0 Å². The third-order valence-electron chi connectivity index (χ3n) is 11.2. The average Bonchev–Trinajstić information content (AvgIpc) is 3.99. The van der Waals surface area contributed by atoms with Crippen LogP contribution in [0.2, 0.25) is 0 Å². The molecule has 4 fully saturated rings. The van der Waals surface area contributed by atoms with Crippen LogP contribution in [-0.2, 0) is 28.5 Å². The molecule has 0 saturated carbocycles. The largest absolute Gasteiger partial charge is 0.444 e. The van der Waals surface area contributed by atoms with Gasteiger partial charge in [0.1, 0.15) is 35.5 Å². The monoisotopic (exact) mass is 862 g/mol. The lowest BCUT2D eigenvalue weighted by Gasteiger charge is -2.32. The van der Waals surface area contributed by atoms with Gasteiger partial charge in [-0.3, -0.25) is 20.2 Å². The van der Waals surface area contributed by atoms with Crippen LogP contribution in [-0.4, -0.2) is 132 Å². The highest BCUT2D eigenvalue weighted by Gasteiger charge is 2.51. The first-order valence-electron chi connectivity index (χ1n) is 21.6. The van der Waals surface area contributed by atoms with Gasteiger partial charge in [0, 0.05) is 49.6 Å². The van der Waals surface area contributed by atoms with E-state index in [1.807, 2.05) is 12.1 Å². The number of para-hydroxylation sites is 2. The number of unbranched alkanes of at least 4 members (excludes halogenated alkanes) is 1. The normalized spacial score (nSPS) is 23.9. The zero-order valence-corrected chi connectivity index (χ0v) is 36.4. The first-order valence-corrected chi connectivity index (χ1v) is 21.6. The summed E-state index contributed by atoms with van der Waals surface area (Å²) in [6.45, 7) is 11.9. The van der Waals surface area contributed by atoms with Crippen LogP contribution in [0.25, 0.3) is 0 Å². The SMILES string of the molecule is CC(C)(C)OC(=O)NC(CCCCC(NC(=O)OC(C)(C)C)C(=O)N1CCC2NCC(OC(=O)Nc3ccccc3)C21)C(=O)N1CCC2NCC(OC(=O)Nc3ccccc3)C21. The highest BCUT2D eigenvalue weighted by Crippen LogP contribution is 2.31. The van der Waals surface area contributed by atoms with Gasteiger partial charge >= 0.3 is 24.4 Å². The van der Waals surface area contributed by atoms with Crippen LogP contribution in [0.1, 0.15) is 80.1 Å². The molecule has 6 N–H and O–H groups in total. The third-order valence-corrected chi connectivity index (χ3v) is 11.2. The Hall–Kier alpha value is -5.62. The van der Waals surface area contributed by atoms with E-state index in [1.165, 1.54) is 0 Å². The van der Waals surface area contributed by atoms with Crippen LogP contribution in [0.3, 0.4) is 0 Å². The second-order valence-electron chi connectivity index (χ2n) is 18.2. The Morgan fingerprint density at radius 1 is 0.597 bits per heavy atom. The highest BCUT2D eigenvalue weighted by atomic mass is 16.6. The molecule has 4 aliphatic rings. The molecule has 62 heavy (non-hydrogen) atoms. The van der Waals surface area contributed by atoms with Crippen LogP contribution in [0.5, 0.6) is 0 Å². The van der Waals surface area contributed by atoms with E-state index in [-0.39, 0.29) is 36.7 Å². The smallest absolute Gasteiger partial charge is 0.412 e. The van der Waals surface area contributed by atoms with Crippen LogP contribution in [0, 0.1) is 0 Å². The minimum atomic E-state index is -1.00. The molecule has 18 nitrogen and oxygen atoms in total. The molecule has 18 heteroatoms. The lowest BCUT2D eigenvalue weighted by Crippen LogP contribution is -2.54. The standard InChI is InChI=1S/C44H62N8O10/c1-43(2,3)61-41(57)49-31(37(53)51-23-21-29-35(51)33(25-45-29)59-39(55)47-27-15-9-7-10-16-27)19-13-14-20-32(50-42(58)62-44(4,5)6)38(54)52-24-22-30-36(52)34(26-46-30)60-40(56)48-28-17-11-8-12-18-28/h7-12,15-18,29-36,45-46H,13-14,19-26H2,1-6H3,(H,47,55)(H,48,56)(H,49,57)(H,50,58). The summed E-state index contributed by atoms with van der Waals surface area (Å²) in [6.07, 6.45) is -1.65. The van der Waals surface area contributed by atoms with Crippen molar-refractivity contribution in [2.75, 3.05) is 36.8 Å². The molecule has 338 valence electrons. The zero-order valence-electron chi connectivity index (χ0n) is 36.4. The molecule has 0 bridgehead atoms. The number of hydrogen-bond donors (Lipinski definition) is 6. The molecule has 0 aliphatic carbocycles. The van der Waals surface area contributed by atoms with E-state index in [4.69, 9.17) is 18.9 Å². The number of amides is 6. The maximum absolute atomic E-state index is 14.4. The van der Waals surface area contributed by atoms with Crippen LogP contribution < -0.4 is 31.9 Å². The van der Waals surface area contributed by atoms with E-state index in [2.05, 4.69) is 31.9 Å². The number of carbonyl (C=O) groups is 6. The van der Waals surface area contributed by atoms with Crippen molar-refractivity contribution in [3.05, 3.63) is 60.7 Å². The number of rotatable bonds is 13. The van der Waals surface area contributed by atoms with Crippen LogP contribution >= 0.6 is 0 Å². The first-order chi connectivity index (χ1) is 29.4. The maximum atomic E-state index is 14.4. The van der Waals surface area contributed by atoms with E-state index in [9.17, 15) is 28.8 Å². The molecule has 4 aliphatic heterocycles. The molecule has 8 unspecified atom stereocenters. The number of anilines is 2. The molecule has 2 aromatic rings. The van der Waals surface area contributed by atoms with E-state index >= 15 is 0 Å². The Morgan fingerprint density at radius 2 is 0.968 bits per heavy atom. The number of fused-ring (bicyclic) bond motifs is 2. The van der Waals surface area contributed by atoms with Gasteiger partial charge in [-0.25, -0.2) is 19.2 Å². The number of hydrogen-bond acceptors (Lipinski definition) is 12. The van der Waals surface area contributed by atoms with Gasteiger partial charge in [-0.1, -0.05) is 49.2 Å². The van der Waals surface area contributed by atoms with Gasteiger partial charge in [0.2, 0.25) is 11.8 Å². The van der Waals surface area contributed by atoms with Gasteiger partial charge < -0.3 is 50.0 Å². The van der Waals surface area contributed by atoms with Crippen molar-refractivity contribution in [1.82, 2.24) is 31.1 Å². The topological polar surface area (TPSA) is 218 Å². The molecule has 8 atom stereocenters. The molecule has 2 aromatic carbocycles. The first kappa shape index (κ1) is 45.9. The number of nitrogens with zero attached hydrogens (tertiary/aromatic N) is 2. The van der Waals surface area contributed by atoms with Gasteiger partial charge in [0.15, 0.2) is 0 Å². The number of nitrogens with one attached hydrogen (secondary N) is 6. The quantitative estimate of drug-likeness (QED) is 0.119. The maximum Gasteiger partial charge on any atom is 0.412 e. The number of likely N-dealkylation sites (tertiary alicyclic amines) is 2. The average molecular weight is 863 g/mol. The number of ether oxygens (including phenoxy) is 4. The predicted molar refractivity (Wildman–Crippen MR) is 229 cm³/mol. The van der Waals surface area contributed by atoms with Crippen LogP contribution in [0.4, 0.5) is 30.6 Å². The summed E-state index contributed by atoms with van der Waals surface area (Å²) in [7, 11) is 0. The van der Waals surface area contributed by atoms with Gasteiger partial charge in [-0.2, -0.15) is 0 Å². The minimum Gasteiger partial charge on any atom is -0.444 e. The Balaban J connectivity index is 1.12. The molecule has 0 aromatic heterocycles. The Kier molecular flexibility index (Phi) is 14.8. The van der Waals surface area contributed by atoms with E-state index in [0.29, 0.717) is 63.2 Å². The fourth-order valence-electron chi connectivity index (χ4n) is 8.63. The Labute approximate surface area is 362 Å².